The summed E-state index contributed by atoms with van der Waals surface area (Å²) in [6.45, 7) is 14.7. The molecule has 0 aromatic rings. The summed E-state index contributed by atoms with van der Waals surface area (Å²) in [7, 11) is -2.36. The van der Waals surface area contributed by atoms with Gasteiger partial charge in [-0.2, -0.15) is 13.2 Å². The lowest BCUT2D eigenvalue weighted by atomic mass is 9.33. The largest absolute Gasteiger partial charge is 0.511 e. The van der Waals surface area contributed by atoms with Crippen molar-refractivity contribution in [2.45, 2.75) is 118 Å². The van der Waals surface area contributed by atoms with Crippen molar-refractivity contribution in [2.75, 3.05) is 14.2 Å². The van der Waals surface area contributed by atoms with Gasteiger partial charge in [0.1, 0.15) is 0 Å². The molecule has 9 atom stereocenters. The lowest BCUT2D eigenvalue weighted by Gasteiger charge is -2.70. The normalized spacial score (nSPS) is 45.3. The van der Waals surface area contributed by atoms with E-state index in [4.69, 9.17) is 4.84 Å². The number of fused-ring (bicyclic) bond motifs is 7. The Hall–Kier alpha value is -1.46. The Morgan fingerprint density at radius 3 is 2.18 bits per heavy atom. The van der Waals surface area contributed by atoms with Crippen LogP contribution in [0.5, 0.6) is 0 Å². The number of carbonyl (C=O) groups is 2. The molecule has 250 valence electrons. The lowest BCUT2D eigenvalue weighted by molar-refractivity contribution is -0.192. The molecule has 0 aromatic heterocycles. The second-order valence-corrected chi connectivity index (χ2v) is 18.4. The van der Waals surface area contributed by atoms with Gasteiger partial charge in [0.05, 0.1) is 7.11 Å². The monoisotopic (exact) mass is 644 g/mol. The van der Waals surface area contributed by atoms with Crippen LogP contribution in [0.3, 0.4) is 0 Å². The highest BCUT2D eigenvalue weighted by molar-refractivity contribution is 7.90. The molecule has 0 aliphatic heterocycles. The maximum atomic E-state index is 14.5. The van der Waals surface area contributed by atoms with Crippen molar-refractivity contribution in [1.29, 1.82) is 0 Å². The number of ketones is 1. The zero-order valence-corrected chi connectivity index (χ0v) is 28.6. The SMILES string of the molecule is CON(C)C(=O)[C@@]1(C)CC[C@]2(C)CC[C@]3(C)C(=CC(=O)[C@@H]4[C@@]5(C)CC[C@H](NS(=O)(=O)C(F)(F)F)C(C)(C)C5CC[C@]43C)[C@@H]2C1. The van der Waals surface area contributed by atoms with Gasteiger partial charge in [-0.25, -0.2) is 18.2 Å². The molecule has 0 bridgehead atoms. The highest BCUT2D eigenvalue weighted by atomic mass is 32.2. The number of amides is 1. The van der Waals surface area contributed by atoms with Gasteiger partial charge in [0.2, 0.25) is 0 Å². The average Bonchev–Trinajstić information content (AvgIpc) is 2.91. The number of rotatable bonds is 4. The van der Waals surface area contributed by atoms with E-state index in [0.717, 1.165) is 32.1 Å². The minimum Gasteiger partial charge on any atom is -0.295 e. The van der Waals surface area contributed by atoms with E-state index in [1.807, 2.05) is 31.6 Å². The fourth-order valence-corrected chi connectivity index (χ4v) is 12.2. The number of allylic oxidation sites excluding steroid dienone is 2. The van der Waals surface area contributed by atoms with Gasteiger partial charge in [-0.3, -0.25) is 14.4 Å². The number of hydroxylamine groups is 2. The first-order valence-corrected chi connectivity index (χ1v) is 17.6. The number of carbonyl (C=O) groups excluding carboxylic acids is 2. The molecule has 0 saturated heterocycles. The predicted octanol–water partition coefficient (Wildman–Crippen LogP) is 6.79. The Labute approximate surface area is 261 Å². The molecule has 4 saturated carbocycles. The highest BCUT2D eigenvalue weighted by Crippen LogP contribution is 2.75. The molecule has 7 nitrogen and oxygen atoms in total. The van der Waals surface area contributed by atoms with Crippen LogP contribution >= 0.6 is 0 Å². The van der Waals surface area contributed by atoms with Crippen LogP contribution in [0.15, 0.2) is 11.6 Å². The third-order valence-corrected chi connectivity index (χ3v) is 15.5. The van der Waals surface area contributed by atoms with Crippen molar-refractivity contribution in [3.8, 4) is 0 Å². The molecule has 4 fully saturated rings. The number of halogens is 3. The standard InChI is InChI=1S/C33H51F3N2O5S/c1-27(2)23-10-13-32(7)25(30(23,5)12-11-24(27)37-44(41,42)33(34,35)36)22(39)18-20-21-19-29(4,26(40)38(8)43-9)15-14-28(21,3)16-17-31(20,32)6/h18,21,23-25,37H,10-17,19H2,1-9H3/t21-,23?,24-,25+,28+,29-,30-,31+,32+/m0/s1. The summed E-state index contributed by atoms with van der Waals surface area (Å²) in [5, 5.41) is 1.32. The zero-order chi connectivity index (χ0) is 33.1. The maximum Gasteiger partial charge on any atom is 0.511 e. The molecule has 0 aromatic carbocycles. The molecule has 1 amide bonds. The third kappa shape index (κ3) is 4.51. The minimum absolute atomic E-state index is 0.0168. The van der Waals surface area contributed by atoms with Crippen LogP contribution in [-0.4, -0.2) is 50.9 Å². The van der Waals surface area contributed by atoms with Crippen molar-refractivity contribution < 1.29 is 36.0 Å². The molecule has 11 heteroatoms. The first-order valence-electron chi connectivity index (χ1n) is 16.1. The Morgan fingerprint density at radius 2 is 1.59 bits per heavy atom. The van der Waals surface area contributed by atoms with Gasteiger partial charge < -0.3 is 0 Å². The summed E-state index contributed by atoms with van der Waals surface area (Å²) in [5.74, 6) is -0.365. The van der Waals surface area contributed by atoms with Gasteiger partial charge in [0, 0.05) is 24.4 Å². The van der Waals surface area contributed by atoms with E-state index in [9.17, 15) is 31.2 Å². The van der Waals surface area contributed by atoms with Gasteiger partial charge in [-0.15, -0.1) is 0 Å². The Balaban J connectivity index is 1.53. The number of hydrogen-bond donors (Lipinski definition) is 1. The predicted molar refractivity (Wildman–Crippen MR) is 161 cm³/mol. The molecule has 0 radical (unpaired) electrons. The fraction of sp³-hybridized carbons (Fsp3) is 0.879. The first kappa shape index (κ1) is 33.9. The Kier molecular flexibility index (Phi) is 7.72. The summed E-state index contributed by atoms with van der Waals surface area (Å²) >= 11 is 0. The molecular weight excluding hydrogens is 593 g/mol. The molecule has 44 heavy (non-hydrogen) atoms. The van der Waals surface area contributed by atoms with Crippen LogP contribution < -0.4 is 4.72 Å². The number of hydrogen-bond acceptors (Lipinski definition) is 5. The number of nitrogens with one attached hydrogen (secondary N) is 1. The van der Waals surface area contributed by atoms with Gasteiger partial charge in [0.15, 0.2) is 5.78 Å². The van der Waals surface area contributed by atoms with E-state index in [1.165, 1.54) is 17.7 Å². The summed E-state index contributed by atoms with van der Waals surface area (Å²) in [6.07, 6.45) is 8.28. The number of alkyl halides is 3. The summed E-state index contributed by atoms with van der Waals surface area (Å²) < 4.78 is 66.3. The lowest BCUT2D eigenvalue weighted by Crippen LogP contribution is -2.68. The second-order valence-electron chi connectivity index (χ2n) is 16.7. The first-order chi connectivity index (χ1) is 19.9. The maximum absolute atomic E-state index is 14.5. The number of nitrogens with zero attached hydrogens (tertiary/aromatic N) is 1. The van der Waals surface area contributed by atoms with E-state index in [0.29, 0.717) is 19.3 Å². The summed E-state index contributed by atoms with van der Waals surface area (Å²) in [6, 6.07) is -0.880. The molecule has 1 unspecified atom stereocenters. The minimum atomic E-state index is -5.50. The van der Waals surface area contributed by atoms with Crippen molar-refractivity contribution in [3.63, 3.8) is 0 Å². The Morgan fingerprint density at radius 1 is 0.977 bits per heavy atom. The molecule has 5 rings (SSSR count). The molecule has 5 aliphatic rings. The van der Waals surface area contributed by atoms with E-state index < -0.39 is 37.8 Å². The van der Waals surface area contributed by atoms with Crippen molar-refractivity contribution in [1.82, 2.24) is 9.79 Å². The van der Waals surface area contributed by atoms with E-state index in [2.05, 4.69) is 27.7 Å². The van der Waals surface area contributed by atoms with Crippen LogP contribution in [0.4, 0.5) is 13.2 Å². The van der Waals surface area contributed by atoms with Gasteiger partial charge in [0.25, 0.3) is 5.91 Å². The molecule has 1 N–H and O–H groups in total. The van der Waals surface area contributed by atoms with E-state index >= 15 is 0 Å². The van der Waals surface area contributed by atoms with Crippen LogP contribution in [0, 0.1) is 50.2 Å². The zero-order valence-electron chi connectivity index (χ0n) is 27.8. The summed E-state index contributed by atoms with van der Waals surface area (Å²) in [4.78, 5) is 33.3. The van der Waals surface area contributed by atoms with Crippen LogP contribution in [0.25, 0.3) is 0 Å². The molecule has 0 heterocycles. The van der Waals surface area contributed by atoms with Crippen LogP contribution in [-0.2, 0) is 24.4 Å². The summed E-state index contributed by atoms with van der Waals surface area (Å²) in [5.41, 5.74) is -6.78. The number of sulfonamides is 1. The second kappa shape index (κ2) is 10.0. The Bertz CT molecular complexity index is 1380. The van der Waals surface area contributed by atoms with Gasteiger partial charge in [-0.05, 0) is 103 Å². The van der Waals surface area contributed by atoms with Crippen molar-refractivity contribution >= 4 is 21.7 Å². The molecule has 5 aliphatic carbocycles. The van der Waals surface area contributed by atoms with Gasteiger partial charge in [-0.1, -0.05) is 54.0 Å². The quantitative estimate of drug-likeness (QED) is 0.340. The smallest absolute Gasteiger partial charge is 0.295 e. The highest BCUT2D eigenvalue weighted by Gasteiger charge is 2.70. The van der Waals surface area contributed by atoms with E-state index in [1.54, 1.807) is 7.05 Å². The van der Waals surface area contributed by atoms with Crippen molar-refractivity contribution in [3.05, 3.63) is 11.6 Å². The topological polar surface area (TPSA) is 92.8 Å². The van der Waals surface area contributed by atoms with Gasteiger partial charge >= 0.3 is 15.5 Å². The van der Waals surface area contributed by atoms with E-state index in [-0.39, 0.29) is 52.1 Å². The average molecular weight is 645 g/mol. The van der Waals surface area contributed by atoms with Crippen LogP contribution in [0.1, 0.15) is 106 Å². The molecular formula is C33H51F3N2O5S. The third-order valence-electron chi connectivity index (χ3n) is 14.3. The fourth-order valence-electron chi connectivity index (χ4n) is 11.3. The molecule has 0 spiro atoms. The van der Waals surface area contributed by atoms with Crippen molar-refractivity contribution in [2.24, 2.45) is 50.2 Å². The van der Waals surface area contributed by atoms with Crippen LogP contribution in [0.2, 0.25) is 0 Å².